The molecule has 0 amide bonds. The zero-order chi connectivity index (χ0) is 6.48. The Hall–Kier alpha value is -0.0800. The Morgan fingerprint density at radius 1 is 1.00 bits per heavy atom. The van der Waals surface area contributed by atoms with Crippen LogP contribution in [0, 0.1) is 5.41 Å². The third kappa shape index (κ3) is 0.775. The Morgan fingerprint density at radius 2 is 1.44 bits per heavy atom. The summed E-state index contributed by atoms with van der Waals surface area (Å²) in [6, 6.07) is 0. The highest BCUT2D eigenvalue weighted by atomic mass is 16.3. The van der Waals surface area contributed by atoms with Crippen LogP contribution in [0.2, 0.25) is 0 Å². The van der Waals surface area contributed by atoms with Crippen LogP contribution in [0.15, 0.2) is 0 Å². The van der Waals surface area contributed by atoms with Crippen LogP contribution in [-0.2, 0) is 0 Å². The average molecular weight is 128 g/mol. The van der Waals surface area contributed by atoms with Crippen LogP contribution in [0.3, 0.4) is 0 Å². The fourth-order valence-electron chi connectivity index (χ4n) is 1.83. The molecule has 0 aliphatic heterocycles. The molecule has 2 fully saturated rings. The van der Waals surface area contributed by atoms with Gasteiger partial charge in [-0.05, 0) is 31.1 Å². The van der Waals surface area contributed by atoms with Crippen molar-refractivity contribution in [3.05, 3.63) is 0 Å². The van der Waals surface area contributed by atoms with Gasteiger partial charge in [-0.25, -0.2) is 0 Å². The van der Waals surface area contributed by atoms with Crippen molar-refractivity contribution in [1.82, 2.24) is 0 Å². The van der Waals surface area contributed by atoms with E-state index in [-0.39, 0.29) is 0 Å². The molecule has 2 nitrogen and oxygen atoms in total. The number of aliphatic hydroxyl groups excluding tert-OH is 2. The predicted molar refractivity (Wildman–Crippen MR) is 32.9 cm³/mol. The van der Waals surface area contributed by atoms with E-state index in [0.29, 0.717) is 5.41 Å². The summed E-state index contributed by atoms with van der Waals surface area (Å²) >= 11 is 0. The molecule has 2 aliphatic carbocycles. The molecular formula is C7H12O2. The second kappa shape index (κ2) is 1.50. The first-order chi connectivity index (χ1) is 4.22. The predicted octanol–water partition coefficient (Wildman–Crippen LogP) is 0.282. The van der Waals surface area contributed by atoms with Gasteiger partial charge in [0.1, 0.15) is 0 Å². The van der Waals surface area contributed by atoms with E-state index >= 15 is 0 Å². The Balaban J connectivity index is 2.06. The Labute approximate surface area is 54.5 Å². The quantitative estimate of drug-likeness (QED) is 0.492. The lowest BCUT2D eigenvalue weighted by Gasteiger charge is -2.03. The standard InChI is InChI=1S/C7H12O2/c8-5-3-7(1-2-7)4-6(5)9/h5-6,8-9H,1-4H2/t5-,6-/m0/s1. The second-order valence-corrected chi connectivity index (χ2v) is 3.54. The smallest absolute Gasteiger partial charge is 0.0804 e. The molecule has 2 N–H and O–H groups in total. The van der Waals surface area contributed by atoms with Gasteiger partial charge in [0.15, 0.2) is 0 Å². The minimum atomic E-state index is -0.424. The van der Waals surface area contributed by atoms with Gasteiger partial charge in [-0.15, -0.1) is 0 Å². The summed E-state index contributed by atoms with van der Waals surface area (Å²) in [5, 5.41) is 18.2. The van der Waals surface area contributed by atoms with E-state index in [9.17, 15) is 0 Å². The monoisotopic (exact) mass is 128 g/mol. The number of rotatable bonds is 0. The van der Waals surface area contributed by atoms with E-state index in [1.54, 1.807) is 0 Å². The van der Waals surface area contributed by atoms with Crippen molar-refractivity contribution in [3.8, 4) is 0 Å². The van der Waals surface area contributed by atoms with Gasteiger partial charge >= 0.3 is 0 Å². The average Bonchev–Trinajstić information content (AvgIpc) is 2.42. The highest BCUT2D eigenvalue weighted by molar-refractivity contribution is 5.03. The van der Waals surface area contributed by atoms with Gasteiger partial charge in [-0.2, -0.15) is 0 Å². The summed E-state index contributed by atoms with van der Waals surface area (Å²) in [4.78, 5) is 0. The van der Waals surface area contributed by atoms with E-state index in [4.69, 9.17) is 10.2 Å². The van der Waals surface area contributed by atoms with E-state index < -0.39 is 12.2 Å². The lowest BCUT2D eigenvalue weighted by Crippen LogP contribution is -2.17. The highest BCUT2D eigenvalue weighted by Gasteiger charge is 2.51. The van der Waals surface area contributed by atoms with E-state index in [0.717, 1.165) is 12.8 Å². The Bertz CT molecular complexity index is 117. The Kier molecular flexibility index (Phi) is 0.945. The topological polar surface area (TPSA) is 40.5 Å². The van der Waals surface area contributed by atoms with Crippen molar-refractivity contribution in [2.75, 3.05) is 0 Å². The van der Waals surface area contributed by atoms with Crippen LogP contribution < -0.4 is 0 Å². The van der Waals surface area contributed by atoms with Gasteiger partial charge in [0.25, 0.3) is 0 Å². The zero-order valence-corrected chi connectivity index (χ0v) is 5.38. The first kappa shape index (κ1) is 5.69. The lowest BCUT2D eigenvalue weighted by molar-refractivity contribution is 0.0438. The molecule has 0 aromatic heterocycles. The van der Waals surface area contributed by atoms with Gasteiger partial charge < -0.3 is 10.2 Å². The molecule has 9 heavy (non-hydrogen) atoms. The van der Waals surface area contributed by atoms with Crippen molar-refractivity contribution >= 4 is 0 Å². The number of aliphatic hydroxyl groups is 2. The molecule has 0 saturated heterocycles. The van der Waals surface area contributed by atoms with Gasteiger partial charge in [-0.3, -0.25) is 0 Å². The van der Waals surface area contributed by atoms with Crippen LogP contribution >= 0.6 is 0 Å². The van der Waals surface area contributed by atoms with Gasteiger partial charge in [0.05, 0.1) is 12.2 Å². The largest absolute Gasteiger partial charge is 0.390 e. The highest BCUT2D eigenvalue weighted by Crippen LogP contribution is 2.57. The SMILES string of the molecule is O[C@H]1CC2(CC2)C[C@@H]1O. The minimum Gasteiger partial charge on any atom is -0.390 e. The van der Waals surface area contributed by atoms with Crippen molar-refractivity contribution < 1.29 is 10.2 Å². The fraction of sp³-hybridized carbons (Fsp3) is 1.00. The first-order valence-electron chi connectivity index (χ1n) is 3.58. The molecule has 0 aromatic carbocycles. The van der Waals surface area contributed by atoms with Crippen LogP contribution in [0.1, 0.15) is 25.7 Å². The molecule has 1 spiro atoms. The number of hydrogen-bond acceptors (Lipinski definition) is 2. The van der Waals surface area contributed by atoms with E-state index in [1.165, 1.54) is 12.8 Å². The number of hydrogen-bond donors (Lipinski definition) is 2. The molecule has 2 aliphatic rings. The summed E-state index contributed by atoms with van der Waals surface area (Å²) in [6.45, 7) is 0. The van der Waals surface area contributed by atoms with Gasteiger partial charge in [0, 0.05) is 0 Å². The minimum absolute atomic E-state index is 0.388. The molecular weight excluding hydrogens is 116 g/mol. The second-order valence-electron chi connectivity index (χ2n) is 3.54. The molecule has 0 bridgehead atoms. The zero-order valence-electron chi connectivity index (χ0n) is 5.38. The Morgan fingerprint density at radius 3 is 1.67 bits per heavy atom. The molecule has 52 valence electrons. The van der Waals surface area contributed by atoms with Gasteiger partial charge in [-0.1, -0.05) is 0 Å². The van der Waals surface area contributed by atoms with E-state index in [1.807, 2.05) is 0 Å². The maximum absolute atomic E-state index is 9.12. The molecule has 0 aromatic rings. The fourth-order valence-corrected chi connectivity index (χ4v) is 1.83. The van der Waals surface area contributed by atoms with Crippen LogP contribution in [0.5, 0.6) is 0 Å². The molecule has 0 heterocycles. The summed E-state index contributed by atoms with van der Waals surface area (Å²) < 4.78 is 0. The maximum atomic E-state index is 9.12. The maximum Gasteiger partial charge on any atom is 0.0804 e. The van der Waals surface area contributed by atoms with Gasteiger partial charge in [0.2, 0.25) is 0 Å². The normalized spacial score (nSPS) is 46.0. The molecule has 0 unspecified atom stereocenters. The van der Waals surface area contributed by atoms with Crippen LogP contribution in [0.4, 0.5) is 0 Å². The molecule has 2 heteroatoms. The van der Waals surface area contributed by atoms with Crippen molar-refractivity contribution in [3.63, 3.8) is 0 Å². The van der Waals surface area contributed by atoms with E-state index in [2.05, 4.69) is 0 Å². The van der Waals surface area contributed by atoms with Crippen LogP contribution in [0.25, 0.3) is 0 Å². The van der Waals surface area contributed by atoms with Crippen molar-refractivity contribution in [2.24, 2.45) is 5.41 Å². The molecule has 2 rings (SSSR count). The van der Waals surface area contributed by atoms with Crippen molar-refractivity contribution in [1.29, 1.82) is 0 Å². The summed E-state index contributed by atoms with van der Waals surface area (Å²) in [6.07, 6.45) is 3.28. The molecule has 0 radical (unpaired) electrons. The summed E-state index contributed by atoms with van der Waals surface area (Å²) in [5.74, 6) is 0. The summed E-state index contributed by atoms with van der Waals surface area (Å²) in [5.41, 5.74) is 0.388. The lowest BCUT2D eigenvalue weighted by atomic mass is 10.1. The molecule has 2 saturated carbocycles. The summed E-state index contributed by atoms with van der Waals surface area (Å²) in [7, 11) is 0. The first-order valence-corrected chi connectivity index (χ1v) is 3.58. The third-order valence-electron chi connectivity index (χ3n) is 2.69. The van der Waals surface area contributed by atoms with Crippen LogP contribution in [-0.4, -0.2) is 22.4 Å². The van der Waals surface area contributed by atoms with Crippen molar-refractivity contribution in [2.45, 2.75) is 37.9 Å². The third-order valence-corrected chi connectivity index (χ3v) is 2.69. The molecule has 2 atom stereocenters.